The Kier molecular flexibility index (Phi) is 5.77. The fourth-order valence-electron chi connectivity index (χ4n) is 4.06. The Balaban J connectivity index is 1.35. The molecule has 2 heterocycles. The molecule has 0 radical (unpaired) electrons. The minimum absolute atomic E-state index is 0.0480. The smallest absolute Gasteiger partial charge is 0.315 e. The van der Waals surface area contributed by atoms with Crippen molar-refractivity contribution in [2.75, 3.05) is 43.5 Å². The van der Waals surface area contributed by atoms with Crippen LogP contribution in [0, 0.1) is 11.6 Å². The van der Waals surface area contributed by atoms with E-state index in [1.54, 1.807) is 18.2 Å². The van der Waals surface area contributed by atoms with Crippen molar-refractivity contribution in [3.63, 3.8) is 0 Å². The van der Waals surface area contributed by atoms with E-state index in [1.807, 2.05) is 16.7 Å². The summed E-state index contributed by atoms with van der Waals surface area (Å²) in [6, 6.07) is 7.64. The first-order valence-electron chi connectivity index (χ1n) is 9.99. The number of ether oxygens (including phenoxy) is 2. The van der Waals surface area contributed by atoms with Gasteiger partial charge in [-0.05, 0) is 13.0 Å². The Labute approximate surface area is 178 Å². The van der Waals surface area contributed by atoms with Crippen molar-refractivity contribution >= 4 is 23.3 Å². The number of carbonyl (C=O) groups is 2. The lowest BCUT2D eigenvalue weighted by molar-refractivity contribution is -0.131. The van der Waals surface area contributed by atoms with Crippen LogP contribution in [0.2, 0.25) is 0 Å². The van der Waals surface area contributed by atoms with E-state index in [-0.39, 0.29) is 30.9 Å². The van der Waals surface area contributed by atoms with Crippen molar-refractivity contribution in [2.45, 2.75) is 19.4 Å². The molecule has 1 fully saturated rings. The van der Waals surface area contributed by atoms with Gasteiger partial charge in [0, 0.05) is 60.8 Å². The van der Waals surface area contributed by atoms with Crippen LogP contribution in [0.15, 0.2) is 30.3 Å². The van der Waals surface area contributed by atoms with Gasteiger partial charge in [-0.2, -0.15) is 0 Å². The molecule has 164 valence electrons. The van der Waals surface area contributed by atoms with Gasteiger partial charge in [0.15, 0.2) is 17.4 Å². The highest BCUT2D eigenvalue weighted by atomic mass is 19.1. The van der Waals surface area contributed by atoms with E-state index in [0.29, 0.717) is 36.8 Å². The van der Waals surface area contributed by atoms with Crippen molar-refractivity contribution in [3.05, 3.63) is 47.5 Å². The van der Waals surface area contributed by atoms with Crippen LogP contribution in [0.5, 0.6) is 11.5 Å². The van der Waals surface area contributed by atoms with Gasteiger partial charge in [0.25, 0.3) is 0 Å². The number of methoxy groups -OCH3 is 1. The summed E-state index contributed by atoms with van der Waals surface area (Å²) in [5, 5.41) is 2.82. The van der Waals surface area contributed by atoms with Crippen LogP contribution in [0.1, 0.15) is 12.5 Å². The van der Waals surface area contributed by atoms with Gasteiger partial charge in [-0.25, -0.2) is 8.78 Å². The molecule has 1 saturated heterocycles. The first kappa shape index (κ1) is 21.0. The molecular formula is C22H23F2N3O4. The highest BCUT2D eigenvalue weighted by molar-refractivity contribution is 5.93. The Hall–Kier alpha value is -3.20. The van der Waals surface area contributed by atoms with Gasteiger partial charge < -0.3 is 19.7 Å². The van der Waals surface area contributed by atoms with E-state index in [4.69, 9.17) is 9.47 Å². The summed E-state index contributed by atoms with van der Waals surface area (Å²) in [7, 11) is 1.23. The molecule has 2 aromatic rings. The fraction of sp³-hybridized carbons (Fsp3) is 0.364. The summed E-state index contributed by atoms with van der Waals surface area (Å²) in [5.74, 6) is -1.90. The van der Waals surface area contributed by atoms with Crippen LogP contribution in [0.25, 0.3) is 0 Å². The lowest BCUT2D eigenvalue weighted by Crippen LogP contribution is -2.53. The number of fused-ring (bicyclic) bond motifs is 1. The maximum atomic E-state index is 14.1. The van der Waals surface area contributed by atoms with Crippen LogP contribution in [-0.2, 0) is 16.0 Å². The van der Waals surface area contributed by atoms with Gasteiger partial charge in [0.1, 0.15) is 5.75 Å². The van der Waals surface area contributed by atoms with Gasteiger partial charge >= 0.3 is 5.97 Å². The number of halogens is 2. The summed E-state index contributed by atoms with van der Waals surface area (Å²) in [6.07, 6.45) is 0.244. The fourth-order valence-corrected chi connectivity index (χ4v) is 4.06. The van der Waals surface area contributed by atoms with Crippen molar-refractivity contribution in [1.29, 1.82) is 0 Å². The van der Waals surface area contributed by atoms with Crippen LogP contribution in [0.4, 0.5) is 20.2 Å². The summed E-state index contributed by atoms with van der Waals surface area (Å²) in [4.78, 5) is 27.7. The van der Waals surface area contributed by atoms with Gasteiger partial charge in [0.2, 0.25) is 5.91 Å². The third-order valence-electron chi connectivity index (χ3n) is 5.51. The van der Waals surface area contributed by atoms with Crippen molar-refractivity contribution < 1.29 is 27.8 Å². The van der Waals surface area contributed by atoms with Crippen LogP contribution in [-0.4, -0.2) is 56.1 Å². The molecule has 1 N–H and O–H groups in total. The number of nitrogens with one attached hydrogen (secondary N) is 1. The molecule has 2 aliphatic rings. The standard InChI is InChI=1S/C22H23F2N3O4/c1-13-11-26(5-6-27(13)16-9-17(23)22(30-2)18(24)10-16)12-20(28)25-15-4-3-14-7-21(29)31-19(14)8-15/h3-4,8-10,13H,5-7,11-12H2,1-2H3,(H,25,28)/t13-/m1/s1. The molecule has 0 saturated carbocycles. The van der Waals surface area contributed by atoms with Crippen molar-refractivity contribution in [2.24, 2.45) is 0 Å². The molecular weight excluding hydrogens is 408 g/mol. The molecule has 31 heavy (non-hydrogen) atoms. The second-order valence-corrected chi connectivity index (χ2v) is 7.74. The number of piperazine rings is 1. The predicted octanol–water partition coefficient (Wildman–Crippen LogP) is 2.58. The van der Waals surface area contributed by atoms with Gasteiger partial charge in [0.05, 0.1) is 20.1 Å². The average Bonchev–Trinajstić information content (AvgIpc) is 3.07. The lowest BCUT2D eigenvalue weighted by atomic mass is 10.1. The van der Waals surface area contributed by atoms with Crippen LogP contribution < -0.4 is 19.7 Å². The minimum atomic E-state index is -0.744. The number of benzene rings is 2. The molecule has 4 rings (SSSR count). The van der Waals surface area contributed by atoms with E-state index in [2.05, 4.69) is 5.32 Å². The van der Waals surface area contributed by atoms with Crippen molar-refractivity contribution in [1.82, 2.24) is 4.90 Å². The largest absolute Gasteiger partial charge is 0.491 e. The molecule has 2 aromatic carbocycles. The summed E-state index contributed by atoms with van der Waals surface area (Å²) in [6.45, 7) is 3.77. The van der Waals surface area contributed by atoms with Crippen LogP contribution in [0.3, 0.4) is 0 Å². The maximum absolute atomic E-state index is 14.1. The number of nitrogens with zero attached hydrogens (tertiary/aromatic N) is 2. The van der Waals surface area contributed by atoms with E-state index < -0.39 is 17.4 Å². The second kappa shape index (κ2) is 8.50. The Bertz CT molecular complexity index is 1010. The zero-order chi connectivity index (χ0) is 22.1. The minimum Gasteiger partial charge on any atom is -0.491 e. The third-order valence-corrected chi connectivity index (χ3v) is 5.51. The molecule has 2 aliphatic heterocycles. The molecule has 9 heteroatoms. The van der Waals surface area contributed by atoms with Gasteiger partial charge in [-0.3, -0.25) is 14.5 Å². The third kappa shape index (κ3) is 4.46. The number of hydrogen-bond acceptors (Lipinski definition) is 6. The zero-order valence-electron chi connectivity index (χ0n) is 17.3. The molecule has 0 aliphatic carbocycles. The lowest BCUT2D eigenvalue weighted by Gasteiger charge is -2.41. The first-order chi connectivity index (χ1) is 14.8. The van der Waals surface area contributed by atoms with Crippen LogP contribution >= 0.6 is 0 Å². The summed E-state index contributed by atoms with van der Waals surface area (Å²) < 4.78 is 38.0. The number of esters is 1. The zero-order valence-corrected chi connectivity index (χ0v) is 17.3. The van der Waals surface area contributed by atoms with E-state index >= 15 is 0 Å². The van der Waals surface area contributed by atoms with Crippen molar-refractivity contribution in [3.8, 4) is 11.5 Å². The quantitative estimate of drug-likeness (QED) is 0.580. The molecule has 1 atom stereocenters. The predicted molar refractivity (Wildman–Crippen MR) is 111 cm³/mol. The second-order valence-electron chi connectivity index (χ2n) is 7.74. The topological polar surface area (TPSA) is 71.1 Å². The number of hydrogen-bond donors (Lipinski definition) is 1. The monoisotopic (exact) mass is 431 g/mol. The number of rotatable bonds is 5. The molecule has 7 nitrogen and oxygen atoms in total. The first-order valence-corrected chi connectivity index (χ1v) is 9.99. The SMILES string of the molecule is COc1c(F)cc(N2CCN(CC(=O)Nc3ccc4c(c3)OC(=O)C4)C[C@H]2C)cc1F. The molecule has 0 aromatic heterocycles. The highest BCUT2D eigenvalue weighted by Gasteiger charge is 2.27. The Morgan fingerprint density at radius 3 is 2.65 bits per heavy atom. The Morgan fingerprint density at radius 1 is 1.23 bits per heavy atom. The molecule has 1 amide bonds. The molecule has 0 spiro atoms. The normalized spacial score (nSPS) is 18.5. The maximum Gasteiger partial charge on any atom is 0.315 e. The van der Waals surface area contributed by atoms with E-state index in [0.717, 1.165) is 5.56 Å². The number of anilines is 2. The highest BCUT2D eigenvalue weighted by Crippen LogP contribution is 2.30. The van der Waals surface area contributed by atoms with E-state index in [9.17, 15) is 18.4 Å². The van der Waals surface area contributed by atoms with Gasteiger partial charge in [-0.15, -0.1) is 0 Å². The average molecular weight is 431 g/mol. The number of amides is 1. The van der Waals surface area contributed by atoms with E-state index in [1.165, 1.54) is 19.2 Å². The molecule has 0 bridgehead atoms. The summed E-state index contributed by atoms with van der Waals surface area (Å²) in [5.41, 5.74) is 1.81. The molecule has 0 unspecified atom stereocenters. The Morgan fingerprint density at radius 2 is 1.97 bits per heavy atom. The number of carbonyl (C=O) groups excluding carboxylic acids is 2. The van der Waals surface area contributed by atoms with Gasteiger partial charge in [-0.1, -0.05) is 6.07 Å². The summed E-state index contributed by atoms with van der Waals surface area (Å²) >= 11 is 0.